The first-order chi connectivity index (χ1) is 7.88. The first kappa shape index (κ1) is 10.9. The maximum Gasteiger partial charge on any atom is 0.157 e. The van der Waals surface area contributed by atoms with E-state index in [9.17, 15) is 0 Å². The lowest BCUT2D eigenvalue weighted by molar-refractivity contribution is 0.344. The second-order valence-corrected chi connectivity index (χ2v) is 4.50. The van der Waals surface area contributed by atoms with Crippen molar-refractivity contribution >= 4 is 17.6 Å². The Morgan fingerprint density at radius 3 is 2.69 bits per heavy atom. The molecule has 0 saturated carbocycles. The van der Waals surface area contributed by atoms with Crippen LogP contribution < -0.4 is 4.84 Å². The number of para-hydroxylation sites is 1. The summed E-state index contributed by atoms with van der Waals surface area (Å²) in [4.78, 5) is 7.71. The summed E-state index contributed by atoms with van der Waals surface area (Å²) >= 11 is 1.74. The van der Waals surface area contributed by atoms with E-state index in [1.54, 1.807) is 17.6 Å². The molecule has 1 aromatic heterocycles. The van der Waals surface area contributed by atoms with Gasteiger partial charge in [0, 0.05) is 9.75 Å². The Hall–Kier alpha value is -1.61. The lowest BCUT2D eigenvalue weighted by atomic mass is 10.3. The lowest BCUT2D eigenvalue weighted by Crippen LogP contribution is -1.83. The summed E-state index contributed by atoms with van der Waals surface area (Å²) in [5, 5.41) is 3.94. The van der Waals surface area contributed by atoms with Crippen LogP contribution in [0.15, 0.2) is 47.6 Å². The van der Waals surface area contributed by atoms with Crippen molar-refractivity contribution in [1.29, 1.82) is 0 Å². The van der Waals surface area contributed by atoms with Crippen molar-refractivity contribution in [3.8, 4) is 5.75 Å². The molecule has 0 fully saturated rings. The van der Waals surface area contributed by atoms with E-state index in [0.717, 1.165) is 17.0 Å². The molecule has 0 amide bonds. The first-order valence-electron chi connectivity index (χ1n) is 5.22. The molecule has 0 aliphatic heterocycles. The van der Waals surface area contributed by atoms with Crippen LogP contribution in [0.1, 0.15) is 16.7 Å². The van der Waals surface area contributed by atoms with Crippen molar-refractivity contribution in [2.45, 2.75) is 13.3 Å². The van der Waals surface area contributed by atoms with Gasteiger partial charge in [-0.05, 0) is 30.7 Å². The van der Waals surface area contributed by atoms with E-state index in [-0.39, 0.29) is 0 Å². The van der Waals surface area contributed by atoms with Gasteiger partial charge in [0.05, 0.1) is 6.21 Å². The molecule has 0 N–H and O–H groups in total. The third-order valence-electron chi connectivity index (χ3n) is 2.11. The normalized spacial score (nSPS) is 10.8. The van der Waals surface area contributed by atoms with Gasteiger partial charge in [-0.3, -0.25) is 0 Å². The van der Waals surface area contributed by atoms with E-state index in [1.165, 1.54) is 4.88 Å². The highest BCUT2D eigenvalue weighted by atomic mass is 32.1. The number of hydrogen-bond acceptors (Lipinski definition) is 3. The maximum atomic E-state index is 5.23. The summed E-state index contributed by atoms with van der Waals surface area (Å²) in [5.74, 6) is 0.756. The fraction of sp³-hybridized carbons (Fsp3) is 0.154. The van der Waals surface area contributed by atoms with E-state index >= 15 is 0 Å². The zero-order chi connectivity index (χ0) is 11.2. The number of rotatable bonds is 4. The van der Waals surface area contributed by atoms with Crippen molar-refractivity contribution in [1.82, 2.24) is 0 Å². The van der Waals surface area contributed by atoms with E-state index in [0.29, 0.717) is 0 Å². The summed E-state index contributed by atoms with van der Waals surface area (Å²) in [6.07, 6.45) is 2.81. The SMILES string of the molecule is CCc1ccc(C=NOc2ccccc2)s1. The van der Waals surface area contributed by atoms with Crippen LogP contribution in [0.5, 0.6) is 5.75 Å². The van der Waals surface area contributed by atoms with Crippen LogP contribution in [0.3, 0.4) is 0 Å². The van der Waals surface area contributed by atoms with E-state index in [1.807, 2.05) is 30.3 Å². The molecule has 1 aromatic carbocycles. The van der Waals surface area contributed by atoms with Crippen LogP contribution >= 0.6 is 11.3 Å². The highest BCUT2D eigenvalue weighted by molar-refractivity contribution is 7.13. The molecular formula is C13H13NOS. The lowest BCUT2D eigenvalue weighted by Gasteiger charge is -1.95. The molecule has 0 aliphatic carbocycles. The average molecular weight is 231 g/mol. The Bertz CT molecular complexity index is 462. The Balaban J connectivity index is 1.95. The minimum absolute atomic E-state index is 0.756. The van der Waals surface area contributed by atoms with Gasteiger partial charge in [0.1, 0.15) is 0 Å². The maximum absolute atomic E-state index is 5.23. The molecule has 0 radical (unpaired) electrons. The second kappa shape index (κ2) is 5.47. The van der Waals surface area contributed by atoms with Crippen LogP contribution in [-0.2, 0) is 6.42 Å². The minimum Gasteiger partial charge on any atom is -0.357 e. The molecule has 0 atom stereocenters. The van der Waals surface area contributed by atoms with Crippen molar-refractivity contribution in [3.63, 3.8) is 0 Å². The second-order valence-electron chi connectivity index (χ2n) is 3.30. The quantitative estimate of drug-likeness (QED) is 0.580. The minimum atomic E-state index is 0.756. The van der Waals surface area contributed by atoms with Crippen LogP contribution in [0.2, 0.25) is 0 Å². The van der Waals surface area contributed by atoms with Crippen LogP contribution in [0, 0.1) is 0 Å². The van der Waals surface area contributed by atoms with Crippen molar-refractivity contribution in [2.24, 2.45) is 5.16 Å². The molecule has 2 rings (SSSR count). The first-order valence-corrected chi connectivity index (χ1v) is 6.04. The monoisotopic (exact) mass is 231 g/mol. The zero-order valence-corrected chi connectivity index (χ0v) is 9.91. The van der Waals surface area contributed by atoms with E-state index < -0.39 is 0 Å². The third kappa shape index (κ3) is 2.94. The molecule has 1 heterocycles. The number of aryl methyl sites for hydroxylation is 1. The molecule has 82 valence electrons. The predicted octanol–water partition coefficient (Wildman–Crippen LogP) is 3.72. The van der Waals surface area contributed by atoms with Crippen molar-refractivity contribution in [3.05, 3.63) is 52.2 Å². The summed E-state index contributed by atoms with van der Waals surface area (Å²) in [7, 11) is 0. The van der Waals surface area contributed by atoms with Gasteiger partial charge in [-0.2, -0.15) is 0 Å². The number of oxime groups is 1. The Morgan fingerprint density at radius 2 is 2.00 bits per heavy atom. The number of hydrogen-bond donors (Lipinski definition) is 0. The van der Waals surface area contributed by atoms with E-state index in [2.05, 4.69) is 24.2 Å². The summed E-state index contributed by atoms with van der Waals surface area (Å²) in [6.45, 7) is 2.15. The highest BCUT2D eigenvalue weighted by Crippen LogP contribution is 2.15. The summed E-state index contributed by atoms with van der Waals surface area (Å²) in [6, 6.07) is 13.7. The number of thiophene rings is 1. The van der Waals surface area contributed by atoms with E-state index in [4.69, 9.17) is 4.84 Å². The molecule has 16 heavy (non-hydrogen) atoms. The molecule has 0 aliphatic rings. The van der Waals surface area contributed by atoms with Gasteiger partial charge in [0.25, 0.3) is 0 Å². The largest absolute Gasteiger partial charge is 0.357 e. The van der Waals surface area contributed by atoms with Gasteiger partial charge in [0.15, 0.2) is 5.75 Å². The standard InChI is InChI=1S/C13H13NOS/c1-2-12-8-9-13(16-12)10-14-15-11-6-4-3-5-7-11/h3-10H,2H2,1H3. The topological polar surface area (TPSA) is 21.6 Å². The number of nitrogens with zero attached hydrogens (tertiary/aromatic N) is 1. The number of benzene rings is 1. The molecule has 0 unspecified atom stereocenters. The highest BCUT2D eigenvalue weighted by Gasteiger charge is 1.95. The molecular weight excluding hydrogens is 218 g/mol. The van der Waals surface area contributed by atoms with Gasteiger partial charge in [-0.25, -0.2) is 0 Å². The molecule has 2 nitrogen and oxygen atoms in total. The molecule has 3 heteroatoms. The molecule has 0 spiro atoms. The average Bonchev–Trinajstić information content (AvgIpc) is 2.78. The predicted molar refractivity (Wildman–Crippen MR) is 68.4 cm³/mol. The Kier molecular flexibility index (Phi) is 3.72. The van der Waals surface area contributed by atoms with Gasteiger partial charge in [-0.15, -0.1) is 11.3 Å². The van der Waals surface area contributed by atoms with Crippen molar-refractivity contribution < 1.29 is 4.84 Å². The molecule has 0 bridgehead atoms. The Morgan fingerprint density at radius 1 is 1.19 bits per heavy atom. The Labute approximate surface area is 99.2 Å². The van der Waals surface area contributed by atoms with Crippen molar-refractivity contribution in [2.75, 3.05) is 0 Å². The van der Waals surface area contributed by atoms with Crippen LogP contribution in [-0.4, -0.2) is 6.21 Å². The van der Waals surface area contributed by atoms with Gasteiger partial charge in [0.2, 0.25) is 0 Å². The third-order valence-corrected chi connectivity index (χ3v) is 3.28. The van der Waals surface area contributed by atoms with Gasteiger partial charge < -0.3 is 4.84 Å². The molecule has 0 saturated heterocycles. The summed E-state index contributed by atoms with van der Waals surface area (Å²) < 4.78 is 0. The zero-order valence-electron chi connectivity index (χ0n) is 9.09. The fourth-order valence-electron chi connectivity index (χ4n) is 1.27. The van der Waals surface area contributed by atoms with Crippen LogP contribution in [0.4, 0.5) is 0 Å². The summed E-state index contributed by atoms with van der Waals surface area (Å²) in [5.41, 5.74) is 0. The van der Waals surface area contributed by atoms with Gasteiger partial charge in [-0.1, -0.05) is 30.3 Å². The fourth-order valence-corrected chi connectivity index (χ4v) is 2.09. The van der Waals surface area contributed by atoms with Crippen LogP contribution in [0.25, 0.3) is 0 Å². The smallest absolute Gasteiger partial charge is 0.157 e. The molecule has 2 aromatic rings. The van der Waals surface area contributed by atoms with Gasteiger partial charge >= 0.3 is 0 Å².